The van der Waals surface area contributed by atoms with Gasteiger partial charge in [-0.2, -0.15) is 0 Å². The summed E-state index contributed by atoms with van der Waals surface area (Å²) >= 11 is 6.17. The van der Waals surface area contributed by atoms with E-state index in [1.807, 2.05) is 12.1 Å². The van der Waals surface area contributed by atoms with Crippen molar-refractivity contribution in [2.45, 2.75) is 38.6 Å². The van der Waals surface area contributed by atoms with Crippen LogP contribution in [0.15, 0.2) is 18.2 Å². The summed E-state index contributed by atoms with van der Waals surface area (Å²) < 4.78 is 0. The van der Waals surface area contributed by atoms with Gasteiger partial charge in [0, 0.05) is 6.04 Å². The third-order valence-corrected chi connectivity index (χ3v) is 3.26. The van der Waals surface area contributed by atoms with Gasteiger partial charge in [-0.3, -0.25) is 0 Å². The van der Waals surface area contributed by atoms with Gasteiger partial charge < -0.3 is 5.32 Å². The summed E-state index contributed by atoms with van der Waals surface area (Å²) in [5, 5.41) is 4.29. The van der Waals surface area contributed by atoms with E-state index < -0.39 is 0 Å². The minimum absolute atomic E-state index is 0.227. The summed E-state index contributed by atoms with van der Waals surface area (Å²) in [6, 6.07) is 6.64. The Labute approximate surface area is 90.5 Å². The van der Waals surface area contributed by atoms with Crippen LogP contribution >= 0.6 is 11.6 Å². The van der Waals surface area contributed by atoms with Crippen LogP contribution in [-0.2, 0) is 5.41 Å². The second kappa shape index (κ2) is 3.16. The third-order valence-electron chi connectivity index (χ3n) is 2.95. The molecule has 0 amide bonds. The smallest absolute Gasteiger partial charge is 0.0640 e. The lowest BCUT2D eigenvalue weighted by Crippen LogP contribution is -2.34. The van der Waals surface area contributed by atoms with Crippen LogP contribution in [0.2, 0.25) is 5.02 Å². The molecule has 1 atom stereocenters. The van der Waals surface area contributed by atoms with Gasteiger partial charge in [0.2, 0.25) is 0 Å². The fraction of sp³-hybridized carbons (Fsp3) is 0.500. The highest BCUT2D eigenvalue weighted by Crippen LogP contribution is 2.41. The molecule has 2 heteroatoms. The molecule has 1 heterocycles. The monoisotopic (exact) mass is 209 g/mol. The van der Waals surface area contributed by atoms with Crippen LogP contribution in [0.1, 0.15) is 32.8 Å². The second-order valence-electron chi connectivity index (χ2n) is 4.80. The first kappa shape index (κ1) is 9.85. The van der Waals surface area contributed by atoms with Crippen molar-refractivity contribution < 1.29 is 0 Å². The first-order chi connectivity index (χ1) is 6.50. The normalized spacial score (nSPS) is 23.9. The van der Waals surface area contributed by atoms with Crippen LogP contribution in [0, 0.1) is 0 Å². The molecule has 1 aromatic rings. The quantitative estimate of drug-likeness (QED) is 0.685. The van der Waals surface area contributed by atoms with Crippen LogP contribution in [0.3, 0.4) is 0 Å². The molecular formula is C12H16ClN. The first-order valence-electron chi connectivity index (χ1n) is 5.06. The van der Waals surface area contributed by atoms with E-state index in [9.17, 15) is 0 Å². The van der Waals surface area contributed by atoms with E-state index in [1.54, 1.807) is 0 Å². The lowest BCUT2D eigenvalue weighted by Gasteiger charge is -2.37. The van der Waals surface area contributed by atoms with Crippen LogP contribution in [0.5, 0.6) is 0 Å². The minimum Gasteiger partial charge on any atom is -0.381 e. The predicted molar refractivity (Wildman–Crippen MR) is 62.2 cm³/mol. The summed E-state index contributed by atoms with van der Waals surface area (Å²) in [5.74, 6) is 0. The molecular weight excluding hydrogens is 194 g/mol. The largest absolute Gasteiger partial charge is 0.381 e. The maximum Gasteiger partial charge on any atom is 0.0640 e. The molecule has 1 aliphatic heterocycles. The van der Waals surface area contributed by atoms with E-state index in [4.69, 9.17) is 11.6 Å². The molecule has 1 unspecified atom stereocenters. The van der Waals surface area contributed by atoms with Crippen molar-refractivity contribution in [2.75, 3.05) is 5.32 Å². The van der Waals surface area contributed by atoms with E-state index in [1.165, 1.54) is 5.56 Å². The molecule has 1 aromatic carbocycles. The third kappa shape index (κ3) is 1.50. The van der Waals surface area contributed by atoms with Crippen molar-refractivity contribution in [3.8, 4) is 0 Å². The SMILES string of the molecule is CC1CC(C)(C)c2cccc(Cl)c2N1. The van der Waals surface area contributed by atoms with E-state index in [0.29, 0.717) is 6.04 Å². The number of fused-ring (bicyclic) bond motifs is 1. The molecule has 1 nitrogen and oxygen atoms in total. The van der Waals surface area contributed by atoms with Crippen LogP contribution < -0.4 is 5.32 Å². The molecule has 0 aromatic heterocycles. The van der Waals surface area contributed by atoms with E-state index in [2.05, 4.69) is 32.2 Å². The molecule has 1 N–H and O–H groups in total. The highest BCUT2D eigenvalue weighted by Gasteiger charge is 2.31. The van der Waals surface area contributed by atoms with Crippen molar-refractivity contribution in [1.29, 1.82) is 0 Å². The summed E-state index contributed by atoms with van der Waals surface area (Å²) in [6.45, 7) is 6.76. The molecule has 0 fully saturated rings. The topological polar surface area (TPSA) is 12.0 Å². The number of anilines is 1. The summed E-state index contributed by atoms with van der Waals surface area (Å²) in [6.07, 6.45) is 1.15. The Morgan fingerprint density at radius 1 is 1.43 bits per heavy atom. The van der Waals surface area contributed by atoms with Crippen molar-refractivity contribution in [2.24, 2.45) is 0 Å². The molecule has 14 heavy (non-hydrogen) atoms. The molecule has 0 saturated heterocycles. The molecule has 0 aliphatic carbocycles. The summed E-state index contributed by atoms with van der Waals surface area (Å²) in [7, 11) is 0. The number of rotatable bonds is 0. The van der Waals surface area contributed by atoms with Gasteiger partial charge in [-0.1, -0.05) is 37.6 Å². The molecule has 0 bridgehead atoms. The average molecular weight is 210 g/mol. The molecule has 0 spiro atoms. The van der Waals surface area contributed by atoms with Gasteiger partial charge in [-0.25, -0.2) is 0 Å². The number of para-hydroxylation sites is 1. The maximum absolute atomic E-state index is 6.17. The van der Waals surface area contributed by atoms with E-state index >= 15 is 0 Å². The highest BCUT2D eigenvalue weighted by atomic mass is 35.5. The van der Waals surface area contributed by atoms with Gasteiger partial charge in [0.05, 0.1) is 10.7 Å². The molecule has 0 radical (unpaired) electrons. The Balaban J connectivity index is 2.57. The van der Waals surface area contributed by atoms with E-state index in [0.717, 1.165) is 17.1 Å². The van der Waals surface area contributed by atoms with Crippen LogP contribution in [0.25, 0.3) is 0 Å². The number of nitrogens with one attached hydrogen (secondary N) is 1. The first-order valence-corrected chi connectivity index (χ1v) is 5.44. The van der Waals surface area contributed by atoms with Crippen molar-refractivity contribution in [3.63, 3.8) is 0 Å². The number of hydrogen-bond acceptors (Lipinski definition) is 1. The van der Waals surface area contributed by atoms with Gasteiger partial charge >= 0.3 is 0 Å². The predicted octanol–water partition coefficient (Wildman–Crippen LogP) is 3.82. The average Bonchev–Trinajstić information content (AvgIpc) is 2.05. The van der Waals surface area contributed by atoms with E-state index in [-0.39, 0.29) is 5.41 Å². The number of hydrogen-bond donors (Lipinski definition) is 1. The van der Waals surface area contributed by atoms with Gasteiger partial charge in [0.15, 0.2) is 0 Å². The minimum atomic E-state index is 0.227. The van der Waals surface area contributed by atoms with Gasteiger partial charge in [-0.05, 0) is 30.4 Å². The standard InChI is InChI=1S/C12H16ClN/c1-8-7-12(2,3)9-5-4-6-10(13)11(9)14-8/h4-6,8,14H,7H2,1-3H3. The van der Waals surface area contributed by atoms with Crippen LogP contribution in [-0.4, -0.2) is 6.04 Å². The Bertz CT molecular complexity index is 357. The highest BCUT2D eigenvalue weighted by molar-refractivity contribution is 6.33. The number of halogens is 1. The zero-order chi connectivity index (χ0) is 10.3. The fourth-order valence-corrected chi connectivity index (χ4v) is 2.64. The molecule has 1 aliphatic rings. The molecule has 76 valence electrons. The van der Waals surface area contributed by atoms with Gasteiger partial charge in [-0.15, -0.1) is 0 Å². The Morgan fingerprint density at radius 2 is 2.14 bits per heavy atom. The van der Waals surface area contributed by atoms with Crippen molar-refractivity contribution >= 4 is 17.3 Å². The maximum atomic E-state index is 6.17. The van der Waals surface area contributed by atoms with Gasteiger partial charge in [0.1, 0.15) is 0 Å². The Kier molecular flexibility index (Phi) is 2.23. The second-order valence-corrected chi connectivity index (χ2v) is 5.20. The molecule has 0 saturated carbocycles. The molecule has 2 rings (SSSR count). The summed E-state index contributed by atoms with van der Waals surface area (Å²) in [5.41, 5.74) is 2.69. The number of benzene rings is 1. The van der Waals surface area contributed by atoms with Crippen LogP contribution in [0.4, 0.5) is 5.69 Å². The summed E-state index contributed by atoms with van der Waals surface area (Å²) in [4.78, 5) is 0. The van der Waals surface area contributed by atoms with Crippen molar-refractivity contribution in [1.82, 2.24) is 0 Å². The van der Waals surface area contributed by atoms with Crippen molar-refractivity contribution in [3.05, 3.63) is 28.8 Å². The zero-order valence-corrected chi connectivity index (χ0v) is 9.65. The lowest BCUT2D eigenvalue weighted by molar-refractivity contribution is 0.434. The fourth-order valence-electron chi connectivity index (χ4n) is 2.41. The Hall–Kier alpha value is -0.690. The Morgan fingerprint density at radius 3 is 2.86 bits per heavy atom. The lowest BCUT2D eigenvalue weighted by atomic mass is 9.76. The van der Waals surface area contributed by atoms with Gasteiger partial charge in [0.25, 0.3) is 0 Å². The zero-order valence-electron chi connectivity index (χ0n) is 8.89.